The van der Waals surface area contributed by atoms with Crippen molar-refractivity contribution in [3.63, 3.8) is 0 Å². The summed E-state index contributed by atoms with van der Waals surface area (Å²) in [7, 11) is 0. The molecule has 28 heavy (non-hydrogen) atoms. The number of nitrogens with zero attached hydrogens (tertiary/aromatic N) is 3. The number of furan rings is 1. The number of amides is 1. The van der Waals surface area contributed by atoms with Gasteiger partial charge in [0.2, 0.25) is 0 Å². The van der Waals surface area contributed by atoms with Gasteiger partial charge in [0.05, 0.1) is 22.9 Å². The van der Waals surface area contributed by atoms with Crippen LogP contribution in [0.4, 0.5) is 4.39 Å². The first-order valence-electron chi connectivity index (χ1n) is 8.91. The van der Waals surface area contributed by atoms with Crippen molar-refractivity contribution in [2.75, 3.05) is 6.54 Å². The van der Waals surface area contributed by atoms with E-state index < -0.39 is 0 Å². The molecule has 0 unspecified atom stereocenters. The summed E-state index contributed by atoms with van der Waals surface area (Å²) >= 11 is 0. The van der Waals surface area contributed by atoms with E-state index in [1.165, 1.54) is 18.4 Å². The van der Waals surface area contributed by atoms with Crippen molar-refractivity contribution in [3.05, 3.63) is 71.4 Å². The predicted octanol–water partition coefficient (Wildman–Crippen LogP) is 4.59. The highest BCUT2D eigenvalue weighted by Crippen LogP contribution is 2.28. The predicted molar refractivity (Wildman–Crippen MR) is 101 cm³/mol. The van der Waals surface area contributed by atoms with Gasteiger partial charge in [-0.25, -0.2) is 9.37 Å². The molecular weight excluding hydrogens is 361 g/mol. The molecule has 0 aliphatic carbocycles. The molecule has 4 rings (SSSR count). The standard InChI is InChI=1S/C21H18FN3O3/c1-3-25(12-14-6-4-7-15(22)10-14)21(26)16-11-17(18-8-5-9-27-18)23-20-19(16)13(2)24-28-20/h4-11H,3,12H2,1-2H3. The molecule has 142 valence electrons. The van der Waals surface area contributed by atoms with Crippen LogP contribution in [0, 0.1) is 12.7 Å². The number of fused-ring (bicyclic) bond motifs is 1. The number of halogens is 1. The molecule has 3 aromatic heterocycles. The van der Waals surface area contributed by atoms with Gasteiger partial charge in [0.25, 0.3) is 11.6 Å². The topological polar surface area (TPSA) is 72.4 Å². The Morgan fingerprint density at radius 3 is 2.79 bits per heavy atom. The van der Waals surface area contributed by atoms with Crippen LogP contribution in [-0.2, 0) is 6.54 Å². The lowest BCUT2D eigenvalue weighted by molar-refractivity contribution is 0.0754. The second kappa shape index (κ2) is 7.26. The third kappa shape index (κ3) is 3.26. The lowest BCUT2D eigenvalue weighted by atomic mass is 10.1. The molecule has 1 amide bonds. The highest BCUT2D eigenvalue weighted by molar-refractivity contribution is 6.06. The van der Waals surface area contributed by atoms with Crippen molar-refractivity contribution in [2.45, 2.75) is 20.4 Å². The molecule has 0 radical (unpaired) electrons. The summed E-state index contributed by atoms with van der Waals surface area (Å²) in [5.41, 5.74) is 2.48. The first-order chi connectivity index (χ1) is 13.6. The molecule has 4 aromatic rings. The van der Waals surface area contributed by atoms with Crippen molar-refractivity contribution in [1.82, 2.24) is 15.0 Å². The summed E-state index contributed by atoms with van der Waals surface area (Å²) in [4.78, 5) is 19.4. The van der Waals surface area contributed by atoms with Gasteiger partial charge in [-0.1, -0.05) is 17.3 Å². The molecule has 0 fully saturated rings. The van der Waals surface area contributed by atoms with Crippen LogP contribution in [0.15, 0.2) is 57.7 Å². The molecule has 0 aliphatic heterocycles. The van der Waals surface area contributed by atoms with Gasteiger partial charge < -0.3 is 13.8 Å². The van der Waals surface area contributed by atoms with Gasteiger partial charge in [-0.2, -0.15) is 0 Å². The van der Waals surface area contributed by atoms with Crippen molar-refractivity contribution >= 4 is 17.0 Å². The van der Waals surface area contributed by atoms with Crippen molar-refractivity contribution in [2.24, 2.45) is 0 Å². The van der Waals surface area contributed by atoms with Crippen LogP contribution in [0.5, 0.6) is 0 Å². The molecule has 0 saturated carbocycles. The SMILES string of the molecule is CCN(Cc1cccc(F)c1)C(=O)c1cc(-c2ccco2)nc2onc(C)c12. The Labute approximate surface area is 160 Å². The Balaban J connectivity index is 1.77. The van der Waals surface area contributed by atoms with E-state index in [1.54, 1.807) is 42.2 Å². The van der Waals surface area contributed by atoms with E-state index in [9.17, 15) is 9.18 Å². The monoisotopic (exact) mass is 379 g/mol. The molecule has 0 spiro atoms. The Hall–Kier alpha value is -3.48. The Kier molecular flexibility index (Phi) is 4.65. The highest BCUT2D eigenvalue weighted by atomic mass is 19.1. The second-order valence-corrected chi connectivity index (χ2v) is 6.43. The summed E-state index contributed by atoms with van der Waals surface area (Å²) in [5.74, 6) is -0.0151. The number of benzene rings is 1. The minimum atomic E-state index is -0.331. The van der Waals surface area contributed by atoms with E-state index in [4.69, 9.17) is 8.94 Å². The number of hydrogen-bond donors (Lipinski definition) is 0. The van der Waals surface area contributed by atoms with Crippen LogP contribution >= 0.6 is 0 Å². The van der Waals surface area contributed by atoms with Gasteiger partial charge >= 0.3 is 0 Å². The average molecular weight is 379 g/mol. The lowest BCUT2D eigenvalue weighted by Crippen LogP contribution is -2.30. The fourth-order valence-electron chi connectivity index (χ4n) is 3.17. The third-order valence-electron chi connectivity index (χ3n) is 4.55. The van der Waals surface area contributed by atoms with E-state index >= 15 is 0 Å². The number of pyridine rings is 1. The van der Waals surface area contributed by atoms with Crippen molar-refractivity contribution < 1.29 is 18.1 Å². The maximum absolute atomic E-state index is 13.5. The number of aryl methyl sites for hydroxylation is 1. The first kappa shape index (κ1) is 17.9. The van der Waals surface area contributed by atoms with Gasteiger partial charge in [-0.05, 0) is 49.7 Å². The van der Waals surface area contributed by atoms with E-state index in [2.05, 4.69) is 10.1 Å². The zero-order valence-electron chi connectivity index (χ0n) is 15.5. The summed E-state index contributed by atoms with van der Waals surface area (Å²) in [6, 6.07) is 11.4. The van der Waals surface area contributed by atoms with Crippen LogP contribution in [-0.4, -0.2) is 27.5 Å². The lowest BCUT2D eigenvalue weighted by Gasteiger charge is -2.21. The van der Waals surface area contributed by atoms with Crippen molar-refractivity contribution in [1.29, 1.82) is 0 Å². The average Bonchev–Trinajstić information content (AvgIpc) is 3.35. The minimum absolute atomic E-state index is 0.210. The zero-order chi connectivity index (χ0) is 19.7. The molecule has 3 heterocycles. The molecule has 6 nitrogen and oxygen atoms in total. The molecule has 7 heteroatoms. The summed E-state index contributed by atoms with van der Waals surface area (Å²) in [6.07, 6.45) is 1.54. The smallest absolute Gasteiger partial charge is 0.259 e. The fraction of sp³-hybridized carbons (Fsp3) is 0.190. The Bertz CT molecular complexity index is 1140. The zero-order valence-corrected chi connectivity index (χ0v) is 15.5. The van der Waals surface area contributed by atoms with E-state index in [-0.39, 0.29) is 24.0 Å². The number of rotatable bonds is 5. The molecule has 0 bridgehead atoms. The number of carbonyl (C=O) groups is 1. The minimum Gasteiger partial charge on any atom is -0.463 e. The largest absolute Gasteiger partial charge is 0.463 e. The van der Waals surface area contributed by atoms with Gasteiger partial charge in [0, 0.05) is 13.1 Å². The molecule has 0 atom stereocenters. The maximum atomic E-state index is 13.5. The van der Waals surface area contributed by atoms with Crippen molar-refractivity contribution in [3.8, 4) is 11.5 Å². The molecule has 0 N–H and O–H groups in total. The van der Waals surface area contributed by atoms with Gasteiger partial charge in [-0.15, -0.1) is 0 Å². The highest BCUT2D eigenvalue weighted by Gasteiger charge is 2.23. The first-order valence-corrected chi connectivity index (χ1v) is 8.91. The Morgan fingerprint density at radius 2 is 2.07 bits per heavy atom. The Morgan fingerprint density at radius 1 is 1.21 bits per heavy atom. The fourth-order valence-corrected chi connectivity index (χ4v) is 3.17. The summed E-state index contributed by atoms with van der Waals surface area (Å²) in [5, 5.41) is 4.52. The van der Waals surface area contributed by atoms with Crippen LogP contribution in [0.2, 0.25) is 0 Å². The van der Waals surface area contributed by atoms with Crippen LogP contribution in [0.1, 0.15) is 28.5 Å². The van der Waals surface area contributed by atoms with E-state index in [1.807, 2.05) is 6.92 Å². The van der Waals surface area contributed by atoms with Gasteiger partial charge in [0.1, 0.15) is 11.5 Å². The van der Waals surface area contributed by atoms with Crippen LogP contribution in [0.3, 0.4) is 0 Å². The second-order valence-electron chi connectivity index (χ2n) is 6.43. The normalized spacial score (nSPS) is 11.1. The molecule has 0 saturated heterocycles. The van der Waals surface area contributed by atoms with Crippen LogP contribution < -0.4 is 0 Å². The van der Waals surface area contributed by atoms with Crippen LogP contribution in [0.25, 0.3) is 22.6 Å². The summed E-state index contributed by atoms with van der Waals surface area (Å²) in [6.45, 7) is 4.39. The van der Waals surface area contributed by atoms with Gasteiger partial charge in [-0.3, -0.25) is 4.79 Å². The number of carbonyl (C=O) groups excluding carboxylic acids is 1. The maximum Gasteiger partial charge on any atom is 0.259 e. The molecular formula is C21H18FN3O3. The number of aromatic nitrogens is 2. The van der Waals surface area contributed by atoms with E-state index in [0.29, 0.717) is 40.2 Å². The van der Waals surface area contributed by atoms with Gasteiger partial charge in [0.15, 0.2) is 5.76 Å². The molecule has 1 aromatic carbocycles. The quantitative estimate of drug-likeness (QED) is 0.507. The molecule has 0 aliphatic rings. The van der Waals surface area contributed by atoms with E-state index in [0.717, 1.165) is 0 Å². The summed E-state index contributed by atoms with van der Waals surface area (Å²) < 4.78 is 24.2. The number of hydrogen-bond acceptors (Lipinski definition) is 5. The third-order valence-corrected chi connectivity index (χ3v) is 4.55.